The first-order chi connectivity index (χ1) is 12.3. The van der Waals surface area contributed by atoms with Crippen molar-refractivity contribution in [3.63, 3.8) is 0 Å². The molecule has 3 heteroatoms. The monoisotopic (exact) mass is 326 g/mol. The molecule has 3 nitrogen and oxygen atoms in total. The second-order valence-electron chi connectivity index (χ2n) is 5.98. The lowest BCUT2D eigenvalue weighted by molar-refractivity contribution is 0.416. The number of ether oxygens (including phenoxy) is 1. The summed E-state index contributed by atoms with van der Waals surface area (Å²) in [6.45, 7) is 2.08. The molecular formula is C22H18N2O. The first kappa shape index (κ1) is 15.3. The van der Waals surface area contributed by atoms with Gasteiger partial charge in [-0.15, -0.1) is 0 Å². The van der Waals surface area contributed by atoms with Crippen LogP contribution >= 0.6 is 0 Å². The van der Waals surface area contributed by atoms with E-state index in [-0.39, 0.29) is 0 Å². The fraction of sp³-hybridized carbons (Fsp3) is 0.0909. The minimum absolute atomic E-state index is 0.792. The number of fused-ring (bicyclic) bond motifs is 1. The predicted octanol–water partition coefficient (Wildman–Crippen LogP) is 5.28. The summed E-state index contributed by atoms with van der Waals surface area (Å²) in [4.78, 5) is 9.82. The molecule has 0 unspecified atom stereocenters. The third kappa shape index (κ3) is 2.85. The Morgan fingerprint density at radius 1 is 0.680 bits per heavy atom. The highest BCUT2D eigenvalue weighted by atomic mass is 16.5. The zero-order chi connectivity index (χ0) is 17.2. The molecule has 122 valence electrons. The summed E-state index contributed by atoms with van der Waals surface area (Å²) < 4.78 is 5.55. The summed E-state index contributed by atoms with van der Waals surface area (Å²) in [6, 6.07) is 24.2. The van der Waals surface area contributed by atoms with Crippen LogP contribution in [0.2, 0.25) is 0 Å². The predicted molar refractivity (Wildman–Crippen MR) is 102 cm³/mol. The van der Waals surface area contributed by atoms with Crippen molar-refractivity contribution in [2.24, 2.45) is 0 Å². The highest BCUT2D eigenvalue weighted by Crippen LogP contribution is 2.35. The maximum Gasteiger partial charge on any atom is 0.128 e. The lowest BCUT2D eigenvalue weighted by Gasteiger charge is -2.13. The van der Waals surface area contributed by atoms with Crippen molar-refractivity contribution in [2.75, 3.05) is 7.11 Å². The van der Waals surface area contributed by atoms with E-state index in [0.717, 1.165) is 39.3 Å². The van der Waals surface area contributed by atoms with Gasteiger partial charge in [-0.05, 0) is 31.2 Å². The van der Waals surface area contributed by atoms with Crippen LogP contribution in [0.5, 0.6) is 5.75 Å². The molecule has 1 heterocycles. The van der Waals surface area contributed by atoms with Gasteiger partial charge in [0.15, 0.2) is 0 Å². The van der Waals surface area contributed by atoms with Gasteiger partial charge in [0.05, 0.1) is 23.8 Å². The Balaban J connectivity index is 2.04. The van der Waals surface area contributed by atoms with Crippen molar-refractivity contribution in [1.82, 2.24) is 9.97 Å². The summed E-state index contributed by atoms with van der Waals surface area (Å²) >= 11 is 0. The van der Waals surface area contributed by atoms with Crippen LogP contribution < -0.4 is 4.74 Å². The standard InChI is InChI=1S/C22H18N2O/c1-15-11-13-16(14-12-15)21-22(17-7-3-6-10-20(17)25-2)24-19-9-5-4-8-18(19)23-21/h3-14H,1-2H3. The second kappa shape index (κ2) is 6.36. The molecule has 4 aromatic rings. The van der Waals surface area contributed by atoms with Crippen LogP contribution in [0.1, 0.15) is 5.56 Å². The Hall–Kier alpha value is -3.20. The molecule has 0 amide bonds. The van der Waals surface area contributed by atoms with Crippen molar-refractivity contribution in [2.45, 2.75) is 6.92 Å². The number of hydrogen-bond donors (Lipinski definition) is 0. The minimum Gasteiger partial charge on any atom is -0.496 e. The summed E-state index contributed by atoms with van der Waals surface area (Å²) in [5.41, 5.74) is 6.67. The van der Waals surface area contributed by atoms with Gasteiger partial charge in [-0.3, -0.25) is 0 Å². The van der Waals surface area contributed by atoms with Gasteiger partial charge in [-0.2, -0.15) is 0 Å². The molecule has 0 aliphatic heterocycles. The fourth-order valence-corrected chi connectivity index (χ4v) is 2.94. The van der Waals surface area contributed by atoms with Crippen LogP contribution in [-0.4, -0.2) is 17.1 Å². The number of benzene rings is 3. The summed E-state index contributed by atoms with van der Waals surface area (Å²) in [5.74, 6) is 0.792. The van der Waals surface area contributed by atoms with Crippen molar-refractivity contribution in [3.05, 3.63) is 78.4 Å². The largest absolute Gasteiger partial charge is 0.496 e. The first-order valence-electron chi connectivity index (χ1n) is 8.23. The average molecular weight is 326 g/mol. The van der Waals surface area contributed by atoms with E-state index in [0.29, 0.717) is 0 Å². The van der Waals surface area contributed by atoms with Crippen LogP contribution in [0.25, 0.3) is 33.5 Å². The fourth-order valence-electron chi connectivity index (χ4n) is 2.94. The molecule has 0 spiro atoms. The maximum atomic E-state index is 5.55. The van der Waals surface area contributed by atoms with Gasteiger partial charge in [0.2, 0.25) is 0 Å². The molecule has 0 bridgehead atoms. The van der Waals surface area contributed by atoms with Gasteiger partial charge in [0.25, 0.3) is 0 Å². The van der Waals surface area contributed by atoms with Gasteiger partial charge < -0.3 is 4.74 Å². The number of aryl methyl sites for hydroxylation is 1. The van der Waals surface area contributed by atoms with E-state index < -0.39 is 0 Å². The highest BCUT2D eigenvalue weighted by Gasteiger charge is 2.16. The molecule has 0 radical (unpaired) electrons. The van der Waals surface area contributed by atoms with Gasteiger partial charge in [0.1, 0.15) is 11.4 Å². The van der Waals surface area contributed by atoms with E-state index in [9.17, 15) is 0 Å². The van der Waals surface area contributed by atoms with E-state index in [1.54, 1.807) is 7.11 Å². The van der Waals surface area contributed by atoms with Gasteiger partial charge >= 0.3 is 0 Å². The highest BCUT2D eigenvalue weighted by molar-refractivity contribution is 5.87. The average Bonchev–Trinajstić information content (AvgIpc) is 2.67. The molecule has 3 aromatic carbocycles. The number of aromatic nitrogens is 2. The summed E-state index contributed by atoms with van der Waals surface area (Å²) in [7, 11) is 1.68. The topological polar surface area (TPSA) is 35.0 Å². The Kier molecular flexibility index (Phi) is 3.90. The lowest BCUT2D eigenvalue weighted by atomic mass is 10.0. The van der Waals surface area contributed by atoms with Crippen molar-refractivity contribution in [3.8, 4) is 28.3 Å². The summed E-state index contributed by atoms with van der Waals surface area (Å²) in [5, 5.41) is 0. The number of rotatable bonds is 3. The molecule has 0 saturated heterocycles. The molecular weight excluding hydrogens is 308 g/mol. The van der Waals surface area contributed by atoms with E-state index in [1.807, 2.05) is 48.5 Å². The Morgan fingerprint density at radius 2 is 1.28 bits per heavy atom. The molecule has 25 heavy (non-hydrogen) atoms. The molecule has 0 atom stereocenters. The molecule has 0 saturated carbocycles. The maximum absolute atomic E-state index is 5.55. The molecule has 1 aromatic heterocycles. The van der Waals surface area contributed by atoms with Crippen LogP contribution in [0.15, 0.2) is 72.8 Å². The van der Waals surface area contributed by atoms with Crippen LogP contribution in [0.4, 0.5) is 0 Å². The SMILES string of the molecule is COc1ccccc1-c1nc2ccccc2nc1-c1ccc(C)cc1. The Labute approximate surface area is 147 Å². The van der Waals surface area contributed by atoms with Crippen molar-refractivity contribution >= 4 is 11.0 Å². The van der Waals surface area contributed by atoms with Gasteiger partial charge in [-0.25, -0.2) is 9.97 Å². The zero-order valence-corrected chi connectivity index (χ0v) is 14.2. The van der Waals surface area contributed by atoms with Crippen molar-refractivity contribution in [1.29, 1.82) is 0 Å². The quantitative estimate of drug-likeness (QED) is 0.514. The van der Waals surface area contributed by atoms with E-state index in [4.69, 9.17) is 14.7 Å². The van der Waals surface area contributed by atoms with Gasteiger partial charge in [-0.1, -0.05) is 54.1 Å². The van der Waals surface area contributed by atoms with Crippen molar-refractivity contribution < 1.29 is 4.74 Å². The minimum atomic E-state index is 0.792. The molecule has 0 N–H and O–H groups in total. The molecule has 0 aliphatic rings. The van der Waals surface area contributed by atoms with Gasteiger partial charge in [0, 0.05) is 11.1 Å². The number of hydrogen-bond acceptors (Lipinski definition) is 3. The normalized spacial score (nSPS) is 10.8. The second-order valence-corrected chi connectivity index (χ2v) is 5.98. The summed E-state index contributed by atoms with van der Waals surface area (Å²) in [6.07, 6.45) is 0. The first-order valence-corrected chi connectivity index (χ1v) is 8.23. The third-order valence-corrected chi connectivity index (χ3v) is 4.26. The molecule has 0 fully saturated rings. The van der Waals surface area contributed by atoms with Crippen LogP contribution in [0, 0.1) is 6.92 Å². The number of methoxy groups -OCH3 is 1. The Bertz CT molecular complexity index is 1040. The van der Waals surface area contributed by atoms with Crippen LogP contribution in [-0.2, 0) is 0 Å². The molecule has 4 rings (SSSR count). The molecule has 0 aliphatic carbocycles. The van der Waals surface area contributed by atoms with E-state index >= 15 is 0 Å². The zero-order valence-electron chi connectivity index (χ0n) is 14.2. The van der Waals surface area contributed by atoms with Crippen LogP contribution in [0.3, 0.4) is 0 Å². The lowest BCUT2D eigenvalue weighted by Crippen LogP contribution is -1.97. The third-order valence-electron chi connectivity index (χ3n) is 4.26. The smallest absolute Gasteiger partial charge is 0.128 e. The number of nitrogens with zero attached hydrogens (tertiary/aromatic N) is 2. The number of para-hydroxylation sites is 3. The van der Waals surface area contributed by atoms with E-state index in [2.05, 4.69) is 31.2 Å². The Morgan fingerprint density at radius 3 is 1.96 bits per heavy atom. The van der Waals surface area contributed by atoms with E-state index in [1.165, 1.54) is 5.56 Å².